The highest BCUT2D eigenvalue weighted by atomic mass is 16.6. The molecule has 2 amide bonds. The number of primary amides is 1. The van der Waals surface area contributed by atoms with E-state index in [1.54, 1.807) is 80.4 Å². The van der Waals surface area contributed by atoms with Crippen LogP contribution in [0.4, 0.5) is 10.5 Å². The molecule has 1 aliphatic heterocycles. The van der Waals surface area contributed by atoms with Crippen LogP contribution in [0.2, 0.25) is 0 Å². The van der Waals surface area contributed by atoms with E-state index in [2.05, 4.69) is 15.4 Å². The van der Waals surface area contributed by atoms with E-state index in [-0.39, 0.29) is 29.4 Å². The lowest BCUT2D eigenvalue weighted by molar-refractivity contribution is -0.486. The van der Waals surface area contributed by atoms with Crippen molar-refractivity contribution >= 4 is 23.4 Å². The average Bonchev–Trinajstić information content (AvgIpc) is 3.48. The first-order valence-corrected chi connectivity index (χ1v) is 13.8. The zero-order chi connectivity index (χ0) is 30.6. The third kappa shape index (κ3) is 7.26. The predicted octanol–water partition coefficient (Wildman–Crippen LogP) is 1.89. The van der Waals surface area contributed by atoms with E-state index in [1.807, 2.05) is 0 Å². The molecule has 2 aromatic carbocycles. The first-order valence-electron chi connectivity index (χ1n) is 13.8. The molecule has 43 heavy (non-hydrogen) atoms. The summed E-state index contributed by atoms with van der Waals surface area (Å²) in [5.74, 6) is -0.0579. The number of aromatic nitrogens is 5. The van der Waals surface area contributed by atoms with Gasteiger partial charge in [0.2, 0.25) is 0 Å². The topological polar surface area (TPSA) is 162 Å². The molecule has 0 atom stereocenters. The molecule has 3 heterocycles. The lowest BCUT2D eigenvalue weighted by Crippen LogP contribution is -2.83. The van der Waals surface area contributed by atoms with Crippen molar-refractivity contribution in [2.75, 3.05) is 26.3 Å². The van der Waals surface area contributed by atoms with Crippen LogP contribution in [0.15, 0.2) is 71.8 Å². The molecule has 0 spiro atoms. The third-order valence-electron chi connectivity index (χ3n) is 6.61. The van der Waals surface area contributed by atoms with Crippen molar-refractivity contribution in [2.24, 2.45) is 0 Å². The summed E-state index contributed by atoms with van der Waals surface area (Å²) in [7, 11) is 0. The van der Waals surface area contributed by atoms with Gasteiger partial charge in [0.15, 0.2) is 0 Å². The minimum absolute atomic E-state index is 0.0235. The van der Waals surface area contributed by atoms with Crippen molar-refractivity contribution in [1.82, 2.24) is 29.7 Å². The van der Waals surface area contributed by atoms with Crippen LogP contribution in [0.25, 0.3) is 5.69 Å². The van der Waals surface area contributed by atoms with Crippen LogP contribution in [-0.4, -0.2) is 79.3 Å². The lowest BCUT2D eigenvalue weighted by atomic mass is 10.0. The van der Waals surface area contributed by atoms with E-state index in [0.29, 0.717) is 54.4 Å². The van der Waals surface area contributed by atoms with E-state index in [9.17, 15) is 14.4 Å². The fraction of sp³-hybridized carbons (Fsp3) is 0.300. The maximum Gasteiger partial charge on any atom is 0.518 e. The monoisotopic (exact) mass is 585 g/mol. The van der Waals surface area contributed by atoms with Crippen LogP contribution in [0, 0.1) is 5.41 Å². The number of carbonyl (C=O) groups is 2. The highest BCUT2D eigenvalue weighted by Gasteiger charge is 2.24. The Bertz CT molecular complexity index is 1700. The van der Waals surface area contributed by atoms with E-state index in [0.717, 1.165) is 0 Å². The second-order valence-electron chi connectivity index (χ2n) is 11.0. The molecule has 1 fully saturated rings. The third-order valence-corrected chi connectivity index (χ3v) is 6.61. The number of amides is 2. The average molecular weight is 586 g/mol. The number of nitrogens with two attached hydrogens (primary N) is 1. The van der Waals surface area contributed by atoms with Crippen molar-refractivity contribution in [1.29, 1.82) is 5.41 Å². The minimum Gasteiger partial charge on any atom is -0.414 e. The molecule has 0 saturated carbocycles. The van der Waals surface area contributed by atoms with Gasteiger partial charge in [-0.1, -0.05) is 11.3 Å². The van der Waals surface area contributed by atoms with Gasteiger partial charge in [-0.05, 0) is 62.7 Å². The Morgan fingerprint density at radius 3 is 2.51 bits per heavy atom. The maximum absolute atomic E-state index is 12.8. The highest BCUT2D eigenvalue weighted by molar-refractivity contribution is 6.12. The minimum atomic E-state index is -0.688. The van der Waals surface area contributed by atoms with Gasteiger partial charge in [0.1, 0.15) is 17.0 Å². The predicted molar refractivity (Wildman–Crippen MR) is 156 cm³/mol. The first kappa shape index (κ1) is 29.5. The standard InChI is InChI=1S/C30H32N8O5/c1-30(2,3)43-29(41)33-24-11-6-20(18-38-26(39)5-4-12-32-38)17-23(24)27(31)25-19-37(35-34-25)22-9-7-21(8-10-22)28(40)36-13-15-42-16-14-36/h4-12,17,19,31H,13-16,18H2,1-3H3,(H,33,41)/p+1. The summed E-state index contributed by atoms with van der Waals surface area (Å²) in [5, 5.41) is 22.9. The van der Waals surface area contributed by atoms with E-state index < -0.39 is 11.7 Å². The van der Waals surface area contributed by atoms with Crippen molar-refractivity contribution in [2.45, 2.75) is 32.9 Å². The van der Waals surface area contributed by atoms with Crippen LogP contribution in [-0.2, 0) is 16.0 Å². The van der Waals surface area contributed by atoms with E-state index in [4.69, 9.17) is 14.9 Å². The Hall–Kier alpha value is -5.01. The summed E-state index contributed by atoms with van der Waals surface area (Å²) in [6.07, 6.45) is 2.58. The normalized spacial score (nSPS) is 13.5. The van der Waals surface area contributed by atoms with E-state index >= 15 is 0 Å². The lowest BCUT2D eigenvalue weighted by Gasteiger charge is -2.26. The summed E-state index contributed by atoms with van der Waals surface area (Å²) >= 11 is 0. The quantitative estimate of drug-likeness (QED) is 0.245. The number of hydrogen-bond donors (Lipinski definition) is 2. The second kappa shape index (κ2) is 12.5. The van der Waals surface area contributed by atoms with Crippen LogP contribution >= 0.6 is 0 Å². The molecule has 1 saturated heterocycles. The highest BCUT2D eigenvalue weighted by Crippen LogP contribution is 2.19. The van der Waals surface area contributed by atoms with Gasteiger partial charge in [0.05, 0.1) is 42.9 Å². The molecule has 0 aliphatic carbocycles. The molecule has 5 rings (SSSR count). The number of nitrogens with one attached hydrogen (secondary N) is 1. The number of morpholine rings is 1. The van der Waals surface area contributed by atoms with Gasteiger partial charge in [-0.25, -0.2) is 14.7 Å². The largest absolute Gasteiger partial charge is 0.518 e. The molecule has 13 nitrogen and oxygen atoms in total. The second-order valence-corrected chi connectivity index (χ2v) is 11.0. The Balaban J connectivity index is 1.40. The molecular weight excluding hydrogens is 552 g/mol. The first-order chi connectivity index (χ1) is 20.6. The zero-order valence-corrected chi connectivity index (χ0v) is 24.2. The fourth-order valence-corrected chi connectivity index (χ4v) is 4.53. The molecule has 0 bridgehead atoms. The number of rotatable bonds is 7. The summed E-state index contributed by atoms with van der Waals surface area (Å²) in [5.41, 5.74) is 2.13. The number of benzene rings is 2. The van der Waals surface area contributed by atoms with Gasteiger partial charge in [-0.3, -0.25) is 15.0 Å². The van der Waals surface area contributed by atoms with Crippen molar-refractivity contribution in [3.8, 4) is 5.69 Å². The Labute approximate surface area is 247 Å². The molecule has 13 heteroatoms. The SMILES string of the molecule is CC(C)(C)OC(=O)[NH2+]c1ccc(Cn2ncccc2=O)cc1C(=N)c1cn(-c2ccc(C(=O)N3CCOCC3)cc2)nn1. The van der Waals surface area contributed by atoms with Gasteiger partial charge in [0.25, 0.3) is 11.5 Å². The number of nitrogens with zero attached hydrogens (tertiary/aromatic N) is 6. The molecular formula is C30H33N8O5+. The summed E-state index contributed by atoms with van der Waals surface area (Å²) in [6, 6.07) is 15.2. The van der Waals surface area contributed by atoms with Crippen molar-refractivity contribution in [3.63, 3.8) is 0 Å². The number of quaternary nitrogens is 1. The maximum atomic E-state index is 12.8. The van der Waals surface area contributed by atoms with E-state index in [1.165, 1.54) is 26.9 Å². The Morgan fingerprint density at radius 2 is 1.81 bits per heavy atom. The number of carbonyl (C=O) groups excluding carboxylic acids is 2. The molecule has 1 aliphatic rings. The van der Waals surface area contributed by atoms with Gasteiger partial charge < -0.3 is 14.4 Å². The molecule has 0 unspecified atom stereocenters. The van der Waals surface area contributed by atoms with Crippen LogP contribution < -0.4 is 10.9 Å². The molecule has 0 radical (unpaired) electrons. The Kier molecular flexibility index (Phi) is 8.55. The van der Waals surface area contributed by atoms with Gasteiger partial charge in [0, 0.05) is 37.0 Å². The molecule has 3 N–H and O–H groups in total. The summed E-state index contributed by atoms with van der Waals surface area (Å²) < 4.78 is 13.6. The van der Waals surface area contributed by atoms with Gasteiger partial charge in [-0.15, -0.1) is 5.10 Å². The van der Waals surface area contributed by atoms with Crippen molar-refractivity contribution in [3.05, 3.63) is 99.7 Å². The van der Waals surface area contributed by atoms with Crippen LogP contribution in [0.3, 0.4) is 0 Å². The van der Waals surface area contributed by atoms with Gasteiger partial charge in [-0.2, -0.15) is 9.89 Å². The molecule has 222 valence electrons. The van der Waals surface area contributed by atoms with Crippen molar-refractivity contribution < 1.29 is 24.4 Å². The van der Waals surface area contributed by atoms with Gasteiger partial charge >= 0.3 is 6.09 Å². The number of ether oxygens (including phenoxy) is 2. The van der Waals surface area contributed by atoms with Crippen LogP contribution in [0.1, 0.15) is 48.0 Å². The fourth-order valence-electron chi connectivity index (χ4n) is 4.53. The molecule has 4 aromatic rings. The zero-order valence-electron chi connectivity index (χ0n) is 24.2. The summed E-state index contributed by atoms with van der Waals surface area (Å²) in [6.45, 7) is 7.68. The smallest absolute Gasteiger partial charge is 0.414 e. The molecule has 2 aromatic heterocycles. The van der Waals surface area contributed by atoms with Crippen LogP contribution in [0.5, 0.6) is 0 Å². The Morgan fingerprint density at radius 1 is 1.07 bits per heavy atom. The number of hydrogen-bond acceptors (Lipinski definition) is 9. The summed E-state index contributed by atoms with van der Waals surface area (Å²) in [4.78, 5) is 39.4.